The molecule has 13 heavy (non-hydrogen) atoms. The molecule has 1 atom stereocenters. The Balaban J connectivity index is 3.38. The van der Waals surface area contributed by atoms with Gasteiger partial charge >= 0.3 is 0 Å². The van der Waals surface area contributed by atoms with Crippen molar-refractivity contribution in [2.24, 2.45) is 5.73 Å². The fourth-order valence-corrected chi connectivity index (χ4v) is 1.24. The minimum atomic E-state index is 0.195. The summed E-state index contributed by atoms with van der Waals surface area (Å²) in [6, 6.07) is 0.195. The van der Waals surface area contributed by atoms with Crippen LogP contribution in [0.4, 0.5) is 0 Å². The van der Waals surface area contributed by atoms with Gasteiger partial charge in [0, 0.05) is 12.6 Å². The minimum absolute atomic E-state index is 0.195. The molecule has 80 valence electrons. The van der Waals surface area contributed by atoms with Crippen LogP contribution in [0.25, 0.3) is 0 Å². The van der Waals surface area contributed by atoms with Crippen molar-refractivity contribution in [1.82, 2.24) is 4.90 Å². The van der Waals surface area contributed by atoms with Crippen LogP contribution in [-0.2, 0) is 4.74 Å². The van der Waals surface area contributed by atoms with Gasteiger partial charge in [0.25, 0.3) is 0 Å². The Labute approximate surface area is 82.2 Å². The summed E-state index contributed by atoms with van der Waals surface area (Å²) >= 11 is 0. The van der Waals surface area contributed by atoms with Gasteiger partial charge in [-0.25, -0.2) is 0 Å². The maximum atomic E-state index is 5.87. The van der Waals surface area contributed by atoms with E-state index in [4.69, 9.17) is 10.5 Å². The summed E-state index contributed by atoms with van der Waals surface area (Å²) in [6.45, 7) is 11.1. The van der Waals surface area contributed by atoms with E-state index >= 15 is 0 Å². The molecule has 0 fully saturated rings. The number of hydrogen-bond acceptors (Lipinski definition) is 3. The second-order valence-corrected chi connectivity index (χ2v) is 3.24. The first kappa shape index (κ1) is 12.9. The van der Waals surface area contributed by atoms with Crippen LogP contribution in [0.5, 0.6) is 0 Å². The number of ether oxygens (including phenoxy) is 1. The lowest BCUT2D eigenvalue weighted by Gasteiger charge is -2.20. The molecule has 0 aromatic heterocycles. The van der Waals surface area contributed by atoms with Crippen molar-refractivity contribution >= 4 is 0 Å². The third-order valence-electron chi connectivity index (χ3n) is 2.25. The molecule has 0 radical (unpaired) electrons. The van der Waals surface area contributed by atoms with Crippen LogP contribution in [0.2, 0.25) is 0 Å². The van der Waals surface area contributed by atoms with Crippen LogP contribution < -0.4 is 5.73 Å². The third-order valence-corrected chi connectivity index (χ3v) is 2.25. The quantitative estimate of drug-likeness (QED) is 0.619. The minimum Gasteiger partial charge on any atom is -0.380 e. The largest absolute Gasteiger partial charge is 0.380 e. The predicted molar refractivity (Wildman–Crippen MR) is 56.9 cm³/mol. The Kier molecular flexibility index (Phi) is 8.40. The first-order valence-corrected chi connectivity index (χ1v) is 5.30. The van der Waals surface area contributed by atoms with Crippen molar-refractivity contribution in [3.8, 4) is 0 Å². The zero-order chi connectivity index (χ0) is 10.1. The molecule has 0 heterocycles. The van der Waals surface area contributed by atoms with Crippen LogP contribution in [0.15, 0.2) is 0 Å². The number of rotatable bonds is 8. The van der Waals surface area contributed by atoms with Gasteiger partial charge in [-0.2, -0.15) is 0 Å². The lowest BCUT2D eigenvalue weighted by molar-refractivity contribution is 0.126. The van der Waals surface area contributed by atoms with E-state index in [-0.39, 0.29) is 6.04 Å². The van der Waals surface area contributed by atoms with Crippen molar-refractivity contribution in [2.45, 2.75) is 33.2 Å². The van der Waals surface area contributed by atoms with E-state index in [0.29, 0.717) is 6.61 Å². The van der Waals surface area contributed by atoms with Crippen molar-refractivity contribution < 1.29 is 4.74 Å². The van der Waals surface area contributed by atoms with Crippen molar-refractivity contribution in [3.05, 3.63) is 0 Å². The summed E-state index contributed by atoms with van der Waals surface area (Å²) in [5, 5.41) is 0. The SMILES string of the molecule is CCOCC(N)CCN(CC)CC. The highest BCUT2D eigenvalue weighted by Crippen LogP contribution is 1.95. The molecule has 0 saturated heterocycles. The molecular weight excluding hydrogens is 164 g/mol. The van der Waals surface area contributed by atoms with Crippen molar-refractivity contribution in [3.63, 3.8) is 0 Å². The van der Waals surface area contributed by atoms with Gasteiger partial charge in [-0.15, -0.1) is 0 Å². The topological polar surface area (TPSA) is 38.5 Å². The van der Waals surface area contributed by atoms with E-state index in [0.717, 1.165) is 32.7 Å². The van der Waals surface area contributed by atoms with E-state index in [1.165, 1.54) is 0 Å². The average molecular weight is 188 g/mol. The smallest absolute Gasteiger partial charge is 0.0617 e. The summed E-state index contributed by atoms with van der Waals surface area (Å²) in [4.78, 5) is 2.38. The van der Waals surface area contributed by atoms with Crippen LogP contribution in [0.1, 0.15) is 27.2 Å². The molecule has 0 aliphatic rings. The highest BCUT2D eigenvalue weighted by atomic mass is 16.5. The maximum Gasteiger partial charge on any atom is 0.0617 e. The third kappa shape index (κ3) is 6.99. The zero-order valence-electron chi connectivity index (χ0n) is 9.25. The average Bonchev–Trinajstić information content (AvgIpc) is 2.16. The molecule has 1 unspecified atom stereocenters. The monoisotopic (exact) mass is 188 g/mol. The van der Waals surface area contributed by atoms with E-state index in [1.54, 1.807) is 0 Å². The van der Waals surface area contributed by atoms with Gasteiger partial charge in [-0.1, -0.05) is 13.8 Å². The normalized spacial score (nSPS) is 13.6. The highest BCUT2D eigenvalue weighted by Gasteiger charge is 2.04. The summed E-state index contributed by atoms with van der Waals surface area (Å²) < 4.78 is 5.25. The molecule has 3 nitrogen and oxygen atoms in total. The van der Waals surface area contributed by atoms with Gasteiger partial charge in [-0.05, 0) is 33.0 Å². The van der Waals surface area contributed by atoms with E-state index in [1.807, 2.05) is 6.92 Å². The Morgan fingerprint density at radius 3 is 2.31 bits per heavy atom. The molecule has 0 spiro atoms. The summed E-state index contributed by atoms with van der Waals surface area (Å²) in [5.74, 6) is 0. The first-order chi connectivity index (χ1) is 6.24. The van der Waals surface area contributed by atoms with E-state index in [9.17, 15) is 0 Å². The Hall–Kier alpha value is -0.120. The lowest BCUT2D eigenvalue weighted by Crippen LogP contribution is -2.33. The van der Waals surface area contributed by atoms with Gasteiger partial charge in [0.2, 0.25) is 0 Å². The molecule has 0 aliphatic carbocycles. The fourth-order valence-electron chi connectivity index (χ4n) is 1.24. The van der Waals surface area contributed by atoms with Crippen molar-refractivity contribution in [1.29, 1.82) is 0 Å². The molecule has 0 amide bonds. The van der Waals surface area contributed by atoms with Gasteiger partial charge in [0.1, 0.15) is 0 Å². The summed E-state index contributed by atoms with van der Waals surface area (Å²) in [7, 11) is 0. The number of hydrogen-bond donors (Lipinski definition) is 1. The van der Waals surface area contributed by atoms with E-state index < -0.39 is 0 Å². The lowest BCUT2D eigenvalue weighted by atomic mass is 10.2. The van der Waals surface area contributed by atoms with Gasteiger partial charge in [-0.3, -0.25) is 0 Å². The Morgan fingerprint density at radius 1 is 1.23 bits per heavy atom. The number of nitrogens with zero attached hydrogens (tertiary/aromatic N) is 1. The second kappa shape index (κ2) is 8.48. The molecule has 0 rings (SSSR count). The van der Waals surface area contributed by atoms with Crippen LogP contribution in [0, 0.1) is 0 Å². The van der Waals surface area contributed by atoms with Gasteiger partial charge in [0.05, 0.1) is 6.61 Å². The van der Waals surface area contributed by atoms with Crippen molar-refractivity contribution in [2.75, 3.05) is 32.8 Å². The molecule has 0 saturated carbocycles. The van der Waals surface area contributed by atoms with Crippen LogP contribution >= 0.6 is 0 Å². The first-order valence-electron chi connectivity index (χ1n) is 5.30. The molecule has 2 N–H and O–H groups in total. The van der Waals surface area contributed by atoms with Gasteiger partial charge < -0.3 is 15.4 Å². The fraction of sp³-hybridized carbons (Fsp3) is 1.00. The van der Waals surface area contributed by atoms with Crippen LogP contribution in [0.3, 0.4) is 0 Å². The Morgan fingerprint density at radius 2 is 1.85 bits per heavy atom. The Bertz CT molecular complexity index is 105. The standard InChI is InChI=1S/C10H24N2O/c1-4-12(5-2)8-7-10(11)9-13-6-3/h10H,4-9,11H2,1-3H3. The molecule has 0 aliphatic heterocycles. The molecule has 0 aromatic carbocycles. The predicted octanol–water partition coefficient (Wildman–Crippen LogP) is 1.08. The molecular formula is C10H24N2O. The zero-order valence-corrected chi connectivity index (χ0v) is 9.25. The second-order valence-electron chi connectivity index (χ2n) is 3.24. The van der Waals surface area contributed by atoms with Gasteiger partial charge in [0.15, 0.2) is 0 Å². The van der Waals surface area contributed by atoms with Crippen LogP contribution in [-0.4, -0.2) is 43.8 Å². The molecule has 3 heteroatoms. The highest BCUT2D eigenvalue weighted by molar-refractivity contribution is 4.63. The molecule has 0 bridgehead atoms. The maximum absolute atomic E-state index is 5.87. The molecule has 0 aromatic rings. The summed E-state index contributed by atoms with van der Waals surface area (Å²) in [6.07, 6.45) is 1.03. The summed E-state index contributed by atoms with van der Waals surface area (Å²) in [5.41, 5.74) is 5.87. The van der Waals surface area contributed by atoms with E-state index in [2.05, 4.69) is 18.7 Å². The number of nitrogens with two attached hydrogens (primary N) is 1.